The number of carbonyl (C=O) groups excluding carboxylic acids is 1. The van der Waals surface area contributed by atoms with Gasteiger partial charge in [-0.25, -0.2) is 4.68 Å². The second-order valence-electron chi connectivity index (χ2n) is 7.22. The first kappa shape index (κ1) is 20.8. The van der Waals surface area contributed by atoms with Crippen LogP contribution in [0.3, 0.4) is 0 Å². The highest BCUT2D eigenvalue weighted by Crippen LogP contribution is 2.37. The SMILES string of the molecule is CCCc1nnc2n1N[C@H](c1ccc(CC)cc1)[C@@H](C(=O)Nc1ccc(Cl)cc1)S2. The molecule has 2 aromatic carbocycles. The standard InChI is InChI=1S/C22H24ClN5OS/c1-3-5-18-25-26-22-28(18)27-19(15-8-6-14(4-2)7-9-15)20(30-22)21(29)24-17-12-10-16(23)11-13-17/h6-13,19-20,27H,3-5H2,1-2H3,(H,24,29)/t19-,20+/m1/s1. The lowest BCUT2D eigenvalue weighted by molar-refractivity contribution is -0.116. The minimum absolute atomic E-state index is 0.0920. The van der Waals surface area contributed by atoms with E-state index in [1.165, 1.54) is 17.3 Å². The number of halogens is 1. The number of aryl methyl sites for hydroxylation is 2. The van der Waals surface area contributed by atoms with Crippen molar-refractivity contribution in [2.45, 2.75) is 49.6 Å². The molecule has 1 aliphatic heterocycles. The number of hydrogen-bond acceptors (Lipinski definition) is 5. The van der Waals surface area contributed by atoms with Crippen LogP contribution in [0, 0.1) is 0 Å². The molecule has 156 valence electrons. The van der Waals surface area contributed by atoms with Crippen molar-refractivity contribution in [2.75, 3.05) is 10.7 Å². The number of carbonyl (C=O) groups is 1. The lowest BCUT2D eigenvalue weighted by Crippen LogP contribution is -2.41. The van der Waals surface area contributed by atoms with E-state index in [9.17, 15) is 4.79 Å². The van der Waals surface area contributed by atoms with Crippen LogP contribution in [0.4, 0.5) is 5.69 Å². The summed E-state index contributed by atoms with van der Waals surface area (Å²) < 4.78 is 1.93. The number of anilines is 1. The Balaban J connectivity index is 1.65. The van der Waals surface area contributed by atoms with Crippen molar-refractivity contribution in [3.63, 3.8) is 0 Å². The number of nitrogens with one attached hydrogen (secondary N) is 2. The van der Waals surface area contributed by atoms with Gasteiger partial charge in [0.15, 0.2) is 5.82 Å². The fraction of sp³-hybridized carbons (Fsp3) is 0.318. The maximum atomic E-state index is 13.2. The van der Waals surface area contributed by atoms with Crippen molar-refractivity contribution in [3.05, 3.63) is 70.5 Å². The Kier molecular flexibility index (Phi) is 6.29. The maximum Gasteiger partial charge on any atom is 0.240 e. The van der Waals surface area contributed by atoms with Crippen LogP contribution in [0.25, 0.3) is 0 Å². The third kappa shape index (κ3) is 4.32. The molecule has 6 nitrogen and oxygen atoms in total. The average Bonchev–Trinajstić information content (AvgIpc) is 3.16. The third-order valence-electron chi connectivity index (χ3n) is 5.09. The van der Waals surface area contributed by atoms with E-state index in [4.69, 9.17) is 11.6 Å². The molecule has 0 saturated heterocycles. The highest BCUT2D eigenvalue weighted by atomic mass is 35.5. The molecule has 1 amide bonds. The molecule has 0 spiro atoms. The zero-order valence-electron chi connectivity index (χ0n) is 16.9. The highest BCUT2D eigenvalue weighted by Gasteiger charge is 2.37. The van der Waals surface area contributed by atoms with E-state index >= 15 is 0 Å². The van der Waals surface area contributed by atoms with Crippen LogP contribution in [0.15, 0.2) is 53.7 Å². The molecule has 30 heavy (non-hydrogen) atoms. The first-order valence-electron chi connectivity index (χ1n) is 10.1. The summed E-state index contributed by atoms with van der Waals surface area (Å²) in [6.45, 7) is 4.24. The van der Waals surface area contributed by atoms with Crippen LogP contribution in [-0.2, 0) is 17.6 Å². The summed E-state index contributed by atoms with van der Waals surface area (Å²) in [7, 11) is 0. The van der Waals surface area contributed by atoms with E-state index in [0.717, 1.165) is 30.7 Å². The summed E-state index contributed by atoms with van der Waals surface area (Å²) in [5.74, 6) is 0.789. The Labute approximate surface area is 185 Å². The van der Waals surface area contributed by atoms with Gasteiger partial charge < -0.3 is 10.7 Å². The summed E-state index contributed by atoms with van der Waals surface area (Å²) in [4.78, 5) is 13.2. The molecule has 1 aromatic heterocycles. The van der Waals surface area contributed by atoms with Gasteiger partial charge in [-0.3, -0.25) is 4.79 Å². The number of benzene rings is 2. The zero-order chi connectivity index (χ0) is 21.1. The molecule has 3 aromatic rings. The van der Waals surface area contributed by atoms with Gasteiger partial charge in [0.1, 0.15) is 5.25 Å². The summed E-state index contributed by atoms with van der Waals surface area (Å²) in [6.07, 6.45) is 2.77. The van der Waals surface area contributed by atoms with Crippen molar-refractivity contribution in [2.24, 2.45) is 0 Å². The molecule has 4 rings (SSSR count). The van der Waals surface area contributed by atoms with Gasteiger partial charge in [0, 0.05) is 17.1 Å². The normalized spacial score (nSPS) is 17.8. The molecule has 2 heterocycles. The molecule has 0 unspecified atom stereocenters. The fourth-order valence-electron chi connectivity index (χ4n) is 3.44. The molecule has 0 saturated carbocycles. The molecule has 8 heteroatoms. The minimum atomic E-state index is -0.403. The van der Waals surface area contributed by atoms with Crippen molar-refractivity contribution in [1.29, 1.82) is 0 Å². The van der Waals surface area contributed by atoms with Gasteiger partial charge in [0.2, 0.25) is 11.1 Å². The van der Waals surface area contributed by atoms with Crippen LogP contribution in [0.1, 0.15) is 43.3 Å². The zero-order valence-corrected chi connectivity index (χ0v) is 18.5. The van der Waals surface area contributed by atoms with E-state index in [0.29, 0.717) is 15.9 Å². The van der Waals surface area contributed by atoms with Crippen LogP contribution in [0.2, 0.25) is 5.02 Å². The summed E-state index contributed by atoms with van der Waals surface area (Å²) in [6, 6.07) is 15.3. The van der Waals surface area contributed by atoms with Crippen molar-refractivity contribution in [3.8, 4) is 0 Å². The minimum Gasteiger partial charge on any atom is -0.325 e. The van der Waals surface area contributed by atoms with E-state index in [1.807, 2.05) is 4.68 Å². The van der Waals surface area contributed by atoms with Gasteiger partial charge in [-0.1, -0.05) is 61.5 Å². The van der Waals surface area contributed by atoms with Gasteiger partial charge >= 0.3 is 0 Å². The van der Waals surface area contributed by atoms with Crippen LogP contribution in [0.5, 0.6) is 0 Å². The second kappa shape index (κ2) is 9.10. The van der Waals surface area contributed by atoms with E-state index in [2.05, 4.69) is 59.1 Å². The molecule has 2 atom stereocenters. The Morgan fingerprint density at radius 2 is 1.87 bits per heavy atom. The molecule has 0 radical (unpaired) electrons. The Hall–Kier alpha value is -2.51. The van der Waals surface area contributed by atoms with Crippen molar-refractivity contribution >= 4 is 35.0 Å². The largest absolute Gasteiger partial charge is 0.325 e. The Morgan fingerprint density at radius 3 is 2.53 bits per heavy atom. The van der Waals surface area contributed by atoms with Gasteiger partial charge in [0.25, 0.3) is 0 Å². The Morgan fingerprint density at radius 1 is 1.13 bits per heavy atom. The summed E-state index contributed by atoms with van der Waals surface area (Å²) in [5.41, 5.74) is 6.53. The first-order chi connectivity index (χ1) is 14.6. The third-order valence-corrected chi connectivity index (χ3v) is 6.56. The smallest absolute Gasteiger partial charge is 0.240 e. The number of amides is 1. The highest BCUT2D eigenvalue weighted by molar-refractivity contribution is 8.00. The number of hydrogen-bond donors (Lipinski definition) is 2. The van der Waals surface area contributed by atoms with E-state index < -0.39 is 5.25 Å². The van der Waals surface area contributed by atoms with Crippen LogP contribution in [-0.4, -0.2) is 26.0 Å². The summed E-state index contributed by atoms with van der Waals surface area (Å²) >= 11 is 7.40. The fourth-order valence-corrected chi connectivity index (χ4v) is 4.67. The van der Waals surface area contributed by atoms with Crippen LogP contribution >= 0.6 is 23.4 Å². The number of aromatic nitrogens is 3. The monoisotopic (exact) mass is 441 g/mol. The Bertz CT molecular complexity index is 1020. The predicted molar refractivity (Wildman–Crippen MR) is 122 cm³/mol. The van der Waals surface area contributed by atoms with Crippen molar-refractivity contribution in [1.82, 2.24) is 14.9 Å². The molecule has 0 bridgehead atoms. The first-order valence-corrected chi connectivity index (χ1v) is 11.4. The van der Waals surface area contributed by atoms with E-state index in [-0.39, 0.29) is 11.9 Å². The number of rotatable bonds is 6. The second-order valence-corrected chi connectivity index (χ2v) is 8.77. The van der Waals surface area contributed by atoms with Gasteiger partial charge in [-0.15, -0.1) is 10.2 Å². The van der Waals surface area contributed by atoms with Gasteiger partial charge in [0.05, 0.1) is 6.04 Å². The quantitative estimate of drug-likeness (QED) is 0.572. The van der Waals surface area contributed by atoms with Crippen molar-refractivity contribution < 1.29 is 4.79 Å². The molecular formula is C22H24ClN5OS. The molecule has 0 fully saturated rings. The molecule has 0 aliphatic carbocycles. The summed E-state index contributed by atoms with van der Waals surface area (Å²) in [5, 5.41) is 12.6. The predicted octanol–water partition coefficient (Wildman–Crippen LogP) is 4.84. The molecule has 2 N–H and O–H groups in total. The van der Waals surface area contributed by atoms with Gasteiger partial charge in [-0.2, -0.15) is 0 Å². The topological polar surface area (TPSA) is 71.8 Å². The lowest BCUT2D eigenvalue weighted by Gasteiger charge is -2.33. The number of fused-ring (bicyclic) bond motifs is 1. The lowest BCUT2D eigenvalue weighted by atomic mass is 10.0. The molecular weight excluding hydrogens is 418 g/mol. The maximum absolute atomic E-state index is 13.2. The van der Waals surface area contributed by atoms with Crippen LogP contribution < -0.4 is 10.7 Å². The molecule has 1 aliphatic rings. The number of nitrogens with zero attached hydrogens (tertiary/aromatic N) is 3. The number of thioether (sulfide) groups is 1. The van der Waals surface area contributed by atoms with E-state index in [1.54, 1.807) is 24.3 Å². The average molecular weight is 442 g/mol. The van der Waals surface area contributed by atoms with Gasteiger partial charge in [-0.05, 0) is 48.2 Å².